The molecule has 1 aromatic carbocycles. The lowest BCUT2D eigenvalue weighted by Crippen LogP contribution is -2.03. The van der Waals surface area contributed by atoms with Crippen LogP contribution in [0.1, 0.15) is 12.7 Å². The molecule has 0 amide bonds. The molecule has 20 heavy (non-hydrogen) atoms. The van der Waals surface area contributed by atoms with Gasteiger partial charge in [-0.1, -0.05) is 18.5 Å². The molecule has 0 fully saturated rings. The molecule has 0 atom stereocenters. The van der Waals surface area contributed by atoms with Gasteiger partial charge in [-0.05, 0) is 28.1 Å². The second kappa shape index (κ2) is 6.37. The van der Waals surface area contributed by atoms with Gasteiger partial charge in [0, 0.05) is 24.0 Å². The Balaban J connectivity index is 2.39. The van der Waals surface area contributed by atoms with E-state index in [1.807, 2.05) is 6.92 Å². The van der Waals surface area contributed by atoms with E-state index in [-0.39, 0.29) is 5.02 Å². The molecule has 2 N–H and O–H groups in total. The van der Waals surface area contributed by atoms with Crippen molar-refractivity contribution < 1.29 is 4.39 Å². The fraction of sp³-hybridized carbons (Fsp3) is 0.231. The van der Waals surface area contributed by atoms with Crippen molar-refractivity contribution >= 4 is 44.9 Å². The fourth-order valence-corrected chi connectivity index (χ4v) is 2.54. The number of aromatic nitrogens is 2. The molecule has 106 valence electrons. The number of hydrogen-bond acceptors (Lipinski definition) is 4. The minimum absolute atomic E-state index is 0.277. The number of anilines is 3. The molecule has 0 bridgehead atoms. The lowest BCUT2D eigenvalue weighted by Gasteiger charge is -2.12. The van der Waals surface area contributed by atoms with E-state index in [1.165, 1.54) is 12.1 Å². The van der Waals surface area contributed by atoms with E-state index >= 15 is 0 Å². The topological polar surface area (TPSA) is 49.8 Å². The average molecular weight is 360 g/mol. The predicted octanol–water partition coefficient (Wildman–Crippen LogP) is 4.38. The summed E-state index contributed by atoms with van der Waals surface area (Å²) in [6, 6.07) is 4.34. The van der Waals surface area contributed by atoms with Crippen molar-refractivity contribution in [3.8, 4) is 0 Å². The molecule has 0 spiro atoms. The van der Waals surface area contributed by atoms with E-state index < -0.39 is 5.82 Å². The van der Waals surface area contributed by atoms with Crippen LogP contribution in [0.3, 0.4) is 0 Å². The molecule has 0 saturated carbocycles. The predicted molar refractivity (Wildman–Crippen MR) is 83.3 cm³/mol. The van der Waals surface area contributed by atoms with Crippen LogP contribution >= 0.6 is 27.5 Å². The average Bonchev–Trinajstić information content (AvgIpc) is 2.42. The van der Waals surface area contributed by atoms with Crippen molar-refractivity contribution in [1.29, 1.82) is 0 Å². The molecule has 1 aromatic heterocycles. The summed E-state index contributed by atoms with van der Waals surface area (Å²) in [5.41, 5.74) is 0.566. The van der Waals surface area contributed by atoms with Gasteiger partial charge in [0.25, 0.3) is 0 Å². The molecular formula is C13H13BrClFN4. The van der Waals surface area contributed by atoms with Crippen LogP contribution in [0.2, 0.25) is 5.02 Å². The Morgan fingerprint density at radius 2 is 1.95 bits per heavy atom. The minimum atomic E-state index is -0.403. The van der Waals surface area contributed by atoms with Gasteiger partial charge in [0.1, 0.15) is 23.3 Å². The maximum absolute atomic E-state index is 13.2. The fourth-order valence-electron chi connectivity index (χ4n) is 1.64. The van der Waals surface area contributed by atoms with Crippen molar-refractivity contribution in [3.05, 3.63) is 39.3 Å². The Labute approximate surface area is 129 Å². The first-order valence-corrected chi connectivity index (χ1v) is 7.18. The zero-order valence-corrected chi connectivity index (χ0v) is 13.3. The molecule has 1 heterocycles. The summed E-state index contributed by atoms with van der Waals surface area (Å²) in [6.07, 6.45) is 0.711. The molecular weight excluding hydrogens is 347 g/mol. The number of halogens is 3. The van der Waals surface area contributed by atoms with Crippen LogP contribution in [-0.4, -0.2) is 17.0 Å². The van der Waals surface area contributed by atoms with Gasteiger partial charge in [0.2, 0.25) is 0 Å². The summed E-state index contributed by atoms with van der Waals surface area (Å²) in [5, 5.41) is 6.33. The van der Waals surface area contributed by atoms with Gasteiger partial charge in [0.05, 0.1) is 10.7 Å². The number of rotatable bonds is 4. The van der Waals surface area contributed by atoms with Crippen molar-refractivity contribution in [2.75, 3.05) is 17.7 Å². The van der Waals surface area contributed by atoms with Gasteiger partial charge in [-0.2, -0.15) is 0 Å². The summed E-state index contributed by atoms with van der Waals surface area (Å²) in [6.45, 7) is 1.97. The third-order valence-corrected chi connectivity index (χ3v) is 3.53. The highest BCUT2D eigenvalue weighted by Gasteiger charge is 2.10. The van der Waals surface area contributed by atoms with E-state index in [2.05, 4.69) is 36.5 Å². The Hall–Kier alpha value is -1.40. The molecule has 4 nitrogen and oxygen atoms in total. The van der Waals surface area contributed by atoms with Crippen LogP contribution in [0, 0.1) is 5.82 Å². The Morgan fingerprint density at radius 3 is 2.55 bits per heavy atom. The van der Waals surface area contributed by atoms with Gasteiger partial charge in [-0.15, -0.1) is 0 Å². The molecule has 0 radical (unpaired) electrons. The van der Waals surface area contributed by atoms with E-state index in [0.29, 0.717) is 34.0 Å². The third-order valence-electron chi connectivity index (χ3n) is 2.60. The number of hydrogen-bond donors (Lipinski definition) is 2. The van der Waals surface area contributed by atoms with Crippen molar-refractivity contribution in [3.63, 3.8) is 0 Å². The van der Waals surface area contributed by atoms with Gasteiger partial charge in [-0.3, -0.25) is 0 Å². The number of benzene rings is 1. The van der Waals surface area contributed by atoms with Crippen LogP contribution in [0.4, 0.5) is 21.7 Å². The summed E-state index contributed by atoms with van der Waals surface area (Å²) < 4.78 is 13.7. The van der Waals surface area contributed by atoms with Crippen molar-refractivity contribution in [1.82, 2.24) is 9.97 Å². The molecule has 0 aliphatic carbocycles. The highest BCUT2D eigenvalue weighted by molar-refractivity contribution is 9.10. The largest absolute Gasteiger partial charge is 0.373 e. The molecule has 0 aliphatic heterocycles. The normalized spacial score (nSPS) is 10.4. The van der Waals surface area contributed by atoms with Gasteiger partial charge in [-0.25, -0.2) is 14.4 Å². The third kappa shape index (κ3) is 3.37. The molecule has 0 aliphatic rings. The summed E-state index contributed by atoms with van der Waals surface area (Å²) in [7, 11) is 1.78. The van der Waals surface area contributed by atoms with Crippen LogP contribution in [0.5, 0.6) is 0 Å². The Morgan fingerprint density at radius 1 is 1.25 bits per heavy atom. The van der Waals surface area contributed by atoms with Gasteiger partial charge >= 0.3 is 0 Å². The maximum atomic E-state index is 13.2. The van der Waals surface area contributed by atoms with E-state index in [1.54, 1.807) is 13.1 Å². The molecule has 0 unspecified atom stereocenters. The zero-order valence-electron chi connectivity index (χ0n) is 11.0. The van der Waals surface area contributed by atoms with Crippen molar-refractivity contribution in [2.24, 2.45) is 0 Å². The minimum Gasteiger partial charge on any atom is -0.373 e. The Bertz CT molecular complexity index is 591. The first-order valence-electron chi connectivity index (χ1n) is 6.00. The van der Waals surface area contributed by atoms with Gasteiger partial charge < -0.3 is 10.6 Å². The first kappa shape index (κ1) is 15.0. The van der Waals surface area contributed by atoms with Gasteiger partial charge in [0.15, 0.2) is 0 Å². The second-order valence-corrected chi connectivity index (χ2v) is 5.29. The van der Waals surface area contributed by atoms with Crippen molar-refractivity contribution in [2.45, 2.75) is 13.3 Å². The van der Waals surface area contributed by atoms with Crippen LogP contribution in [-0.2, 0) is 6.42 Å². The van der Waals surface area contributed by atoms with E-state index in [4.69, 9.17) is 11.6 Å². The standard InChI is InChI=1S/C13H13BrClFN4/c1-3-10-18-11(17-2)6-12(19-10)20-13-8(14)4-7(16)5-9(13)15/h4-6H,3H2,1-2H3,(H2,17,18,19,20). The quantitative estimate of drug-likeness (QED) is 0.850. The number of aryl methyl sites for hydroxylation is 1. The molecule has 2 rings (SSSR count). The Kier molecular flexibility index (Phi) is 4.77. The van der Waals surface area contributed by atoms with Crippen LogP contribution in [0.15, 0.2) is 22.7 Å². The monoisotopic (exact) mass is 358 g/mol. The van der Waals surface area contributed by atoms with E-state index in [9.17, 15) is 4.39 Å². The highest BCUT2D eigenvalue weighted by atomic mass is 79.9. The zero-order chi connectivity index (χ0) is 14.7. The SMILES string of the molecule is CCc1nc(NC)cc(Nc2c(Cl)cc(F)cc2Br)n1. The highest BCUT2D eigenvalue weighted by Crippen LogP contribution is 2.33. The second-order valence-electron chi connectivity index (χ2n) is 4.03. The van der Waals surface area contributed by atoms with Crippen LogP contribution in [0.25, 0.3) is 0 Å². The lowest BCUT2D eigenvalue weighted by molar-refractivity contribution is 0.627. The van der Waals surface area contributed by atoms with Crippen LogP contribution < -0.4 is 10.6 Å². The summed E-state index contributed by atoms with van der Waals surface area (Å²) >= 11 is 9.32. The number of nitrogens with zero attached hydrogens (tertiary/aromatic N) is 2. The smallest absolute Gasteiger partial charge is 0.136 e. The first-order chi connectivity index (χ1) is 9.53. The lowest BCUT2D eigenvalue weighted by atomic mass is 10.3. The summed E-state index contributed by atoms with van der Waals surface area (Å²) in [4.78, 5) is 8.67. The molecule has 2 aromatic rings. The number of nitrogens with one attached hydrogen (secondary N) is 2. The van der Waals surface area contributed by atoms with E-state index in [0.717, 1.165) is 0 Å². The summed E-state index contributed by atoms with van der Waals surface area (Å²) in [5.74, 6) is 1.60. The maximum Gasteiger partial charge on any atom is 0.136 e. The molecule has 0 saturated heterocycles. The molecule has 7 heteroatoms.